The fourth-order valence-electron chi connectivity index (χ4n) is 2.02. The highest BCUT2D eigenvalue weighted by atomic mass is 16.6. The van der Waals surface area contributed by atoms with Crippen LogP contribution in [0.15, 0.2) is 24.3 Å². The van der Waals surface area contributed by atoms with Gasteiger partial charge in [-0.25, -0.2) is 4.79 Å². The van der Waals surface area contributed by atoms with Crippen LogP contribution in [-0.4, -0.2) is 36.6 Å². The number of carbonyl (C=O) groups is 2. The van der Waals surface area contributed by atoms with Crippen molar-refractivity contribution in [2.24, 2.45) is 0 Å². The lowest BCUT2D eigenvalue weighted by molar-refractivity contribution is -0.119. The number of amides is 2. The number of anilines is 1. The second kappa shape index (κ2) is 5.15. The smallest absolute Gasteiger partial charge is 0.410 e. The number of cyclic esters (lactones) is 1. The van der Waals surface area contributed by atoms with Gasteiger partial charge >= 0.3 is 6.09 Å². The first-order valence-corrected chi connectivity index (χ1v) is 6.60. The molecule has 0 saturated carbocycles. The largest absolute Gasteiger partial charge is 0.447 e. The zero-order valence-electron chi connectivity index (χ0n) is 12.3. The highest BCUT2D eigenvalue weighted by molar-refractivity contribution is 5.97. The maximum atomic E-state index is 12.1. The van der Waals surface area contributed by atoms with E-state index in [9.17, 15) is 9.59 Å². The first kappa shape index (κ1) is 14.4. The Balaban J connectivity index is 2.04. The van der Waals surface area contributed by atoms with Gasteiger partial charge in [-0.1, -0.05) is 32.9 Å². The topological polar surface area (TPSA) is 58.6 Å². The molecule has 5 heteroatoms. The molecule has 1 unspecified atom stereocenters. The Morgan fingerprint density at radius 2 is 1.90 bits per heavy atom. The second-order valence-electron chi connectivity index (χ2n) is 6.02. The van der Waals surface area contributed by atoms with Gasteiger partial charge in [-0.3, -0.25) is 9.69 Å². The molecule has 0 radical (unpaired) electrons. The minimum absolute atomic E-state index is 0.0778. The molecule has 1 aliphatic heterocycles. The van der Waals surface area contributed by atoms with Crippen LogP contribution >= 0.6 is 0 Å². The van der Waals surface area contributed by atoms with E-state index in [4.69, 9.17) is 4.74 Å². The number of hydrogen-bond acceptors (Lipinski definition) is 3. The van der Waals surface area contributed by atoms with Crippen molar-refractivity contribution in [3.8, 4) is 0 Å². The predicted molar refractivity (Wildman–Crippen MR) is 76.7 cm³/mol. The lowest BCUT2D eigenvalue weighted by Crippen LogP contribution is -2.40. The maximum absolute atomic E-state index is 12.1. The predicted octanol–water partition coefficient (Wildman–Crippen LogP) is 2.37. The van der Waals surface area contributed by atoms with Crippen molar-refractivity contribution in [2.45, 2.75) is 32.2 Å². The van der Waals surface area contributed by atoms with Crippen molar-refractivity contribution in [3.05, 3.63) is 29.8 Å². The molecule has 1 atom stereocenters. The summed E-state index contributed by atoms with van der Waals surface area (Å²) in [6.07, 6.45) is -0.465. The molecule has 0 aromatic heterocycles. The van der Waals surface area contributed by atoms with Crippen LogP contribution < -0.4 is 5.32 Å². The van der Waals surface area contributed by atoms with Crippen molar-refractivity contribution in [1.82, 2.24) is 4.90 Å². The number of ether oxygens (including phenoxy) is 1. The maximum Gasteiger partial charge on any atom is 0.410 e. The molecule has 2 amide bonds. The normalized spacial score (nSPS) is 18.9. The minimum atomic E-state index is -0.565. The van der Waals surface area contributed by atoms with Gasteiger partial charge in [-0.15, -0.1) is 0 Å². The van der Waals surface area contributed by atoms with Crippen LogP contribution in [0.5, 0.6) is 0 Å². The Bertz CT molecular complexity index is 517. The standard InChI is InChI=1S/C15H20N2O3/c1-15(2,3)10-5-7-11(8-6-10)16-13(18)12-9-20-14(19)17(12)4/h5-8,12H,9H2,1-4H3,(H,16,18). The average molecular weight is 276 g/mol. The molecule has 0 aliphatic carbocycles. The van der Waals surface area contributed by atoms with Gasteiger partial charge in [0, 0.05) is 12.7 Å². The van der Waals surface area contributed by atoms with Gasteiger partial charge in [0.25, 0.3) is 5.91 Å². The number of nitrogens with zero attached hydrogens (tertiary/aromatic N) is 1. The number of hydrogen-bond donors (Lipinski definition) is 1. The molecule has 1 heterocycles. The van der Waals surface area contributed by atoms with Crippen LogP contribution in [0.1, 0.15) is 26.3 Å². The van der Waals surface area contributed by atoms with Gasteiger partial charge in [-0.2, -0.15) is 0 Å². The lowest BCUT2D eigenvalue weighted by Gasteiger charge is -2.20. The van der Waals surface area contributed by atoms with Crippen molar-refractivity contribution in [3.63, 3.8) is 0 Å². The third-order valence-electron chi connectivity index (χ3n) is 3.44. The summed E-state index contributed by atoms with van der Waals surface area (Å²) in [5.41, 5.74) is 2.00. The van der Waals surface area contributed by atoms with Crippen molar-refractivity contribution in [1.29, 1.82) is 0 Å². The van der Waals surface area contributed by atoms with E-state index in [0.29, 0.717) is 0 Å². The van der Waals surface area contributed by atoms with Gasteiger partial charge in [0.15, 0.2) is 0 Å². The van der Waals surface area contributed by atoms with Crippen LogP contribution in [0.4, 0.5) is 10.5 Å². The Morgan fingerprint density at radius 1 is 1.30 bits per heavy atom. The third-order valence-corrected chi connectivity index (χ3v) is 3.44. The SMILES string of the molecule is CN1C(=O)OCC1C(=O)Nc1ccc(C(C)(C)C)cc1. The molecule has 1 saturated heterocycles. The van der Waals surface area contributed by atoms with Gasteiger partial charge in [-0.05, 0) is 23.1 Å². The minimum Gasteiger partial charge on any atom is -0.447 e. The second-order valence-corrected chi connectivity index (χ2v) is 6.02. The van der Waals surface area contributed by atoms with Gasteiger partial charge < -0.3 is 10.1 Å². The van der Waals surface area contributed by atoms with Crippen LogP contribution in [-0.2, 0) is 14.9 Å². The van der Waals surface area contributed by atoms with E-state index in [1.807, 2.05) is 24.3 Å². The van der Waals surface area contributed by atoms with Crippen molar-refractivity contribution >= 4 is 17.7 Å². The Morgan fingerprint density at radius 3 is 2.35 bits per heavy atom. The number of benzene rings is 1. The van der Waals surface area contributed by atoms with E-state index >= 15 is 0 Å². The van der Waals surface area contributed by atoms with E-state index < -0.39 is 12.1 Å². The monoisotopic (exact) mass is 276 g/mol. The summed E-state index contributed by atoms with van der Waals surface area (Å²) in [5.74, 6) is -0.234. The summed E-state index contributed by atoms with van der Waals surface area (Å²) < 4.78 is 4.83. The van der Waals surface area contributed by atoms with Crippen molar-refractivity contribution < 1.29 is 14.3 Å². The Kier molecular flexibility index (Phi) is 3.70. The number of carbonyl (C=O) groups excluding carboxylic acids is 2. The van der Waals surface area contributed by atoms with E-state index in [1.165, 1.54) is 10.5 Å². The van der Waals surface area contributed by atoms with Crippen LogP contribution in [0.25, 0.3) is 0 Å². The molecule has 1 fully saturated rings. The van der Waals surface area contributed by atoms with Crippen molar-refractivity contribution in [2.75, 3.05) is 19.0 Å². The zero-order valence-corrected chi connectivity index (χ0v) is 12.3. The highest BCUT2D eigenvalue weighted by Gasteiger charge is 2.35. The van der Waals surface area contributed by atoms with Crippen LogP contribution in [0, 0.1) is 0 Å². The lowest BCUT2D eigenvalue weighted by atomic mass is 9.87. The number of nitrogens with one attached hydrogen (secondary N) is 1. The number of rotatable bonds is 2. The molecule has 1 aromatic carbocycles. The van der Waals surface area contributed by atoms with E-state index in [0.717, 1.165) is 5.69 Å². The van der Waals surface area contributed by atoms with Gasteiger partial charge in [0.2, 0.25) is 0 Å². The van der Waals surface area contributed by atoms with E-state index in [-0.39, 0.29) is 17.9 Å². The summed E-state index contributed by atoms with van der Waals surface area (Å²) in [6.45, 7) is 6.51. The summed E-state index contributed by atoms with van der Waals surface area (Å²) in [5, 5.41) is 2.80. The molecule has 2 rings (SSSR count). The average Bonchev–Trinajstić information content (AvgIpc) is 2.69. The molecule has 1 aliphatic rings. The Hall–Kier alpha value is -2.04. The fraction of sp³-hybridized carbons (Fsp3) is 0.467. The molecule has 0 bridgehead atoms. The molecule has 0 spiro atoms. The van der Waals surface area contributed by atoms with Gasteiger partial charge in [0.05, 0.1) is 0 Å². The summed E-state index contributed by atoms with van der Waals surface area (Å²) in [4.78, 5) is 24.6. The molecule has 5 nitrogen and oxygen atoms in total. The molecule has 108 valence electrons. The quantitative estimate of drug-likeness (QED) is 0.902. The molecule has 20 heavy (non-hydrogen) atoms. The summed E-state index contributed by atoms with van der Waals surface area (Å²) in [7, 11) is 1.56. The third kappa shape index (κ3) is 2.92. The number of likely N-dealkylation sites (N-methyl/N-ethyl adjacent to an activating group) is 1. The molecule has 1 aromatic rings. The van der Waals surface area contributed by atoms with E-state index in [2.05, 4.69) is 26.1 Å². The first-order chi connectivity index (χ1) is 9.29. The molecular formula is C15H20N2O3. The van der Waals surface area contributed by atoms with Crippen LogP contribution in [0.2, 0.25) is 0 Å². The van der Waals surface area contributed by atoms with Gasteiger partial charge in [0.1, 0.15) is 12.6 Å². The first-order valence-electron chi connectivity index (χ1n) is 6.60. The molecule has 1 N–H and O–H groups in total. The summed E-state index contributed by atoms with van der Waals surface area (Å²) >= 11 is 0. The van der Waals surface area contributed by atoms with E-state index in [1.54, 1.807) is 7.05 Å². The Labute approximate surface area is 118 Å². The fourth-order valence-corrected chi connectivity index (χ4v) is 2.02. The zero-order chi connectivity index (χ0) is 14.9. The molecular weight excluding hydrogens is 256 g/mol. The van der Waals surface area contributed by atoms with Crippen LogP contribution in [0.3, 0.4) is 0 Å². The highest BCUT2D eigenvalue weighted by Crippen LogP contribution is 2.23. The summed E-state index contributed by atoms with van der Waals surface area (Å²) in [6, 6.07) is 7.17.